The highest BCUT2D eigenvalue weighted by Gasteiger charge is 2.12. The quantitative estimate of drug-likeness (QED) is 0.613. The zero-order chi connectivity index (χ0) is 18.4. The fraction of sp³-hybridized carbons (Fsp3) is 0.200. The number of carbonyl (C=O) groups is 1. The Morgan fingerprint density at radius 2 is 1.92 bits per heavy atom. The minimum absolute atomic E-state index is 0.0256. The lowest BCUT2D eigenvalue weighted by Gasteiger charge is -2.09. The van der Waals surface area contributed by atoms with Gasteiger partial charge in [0.2, 0.25) is 0 Å². The van der Waals surface area contributed by atoms with Crippen LogP contribution < -0.4 is 10.1 Å². The van der Waals surface area contributed by atoms with E-state index in [0.717, 1.165) is 11.1 Å². The summed E-state index contributed by atoms with van der Waals surface area (Å²) in [6, 6.07) is 12.7. The number of ether oxygens (including phenoxy) is 1. The Balaban J connectivity index is 2.32. The molecule has 128 valence electrons. The van der Waals surface area contributed by atoms with Crippen LogP contribution in [0.2, 0.25) is 5.02 Å². The number of benzene rings is 2. The van der Waals surface area contributed by atoms with E-state index in [1.165, 1.54) is 6.08 Å². The second kappa shape index (κ2) is 8.36. The van der Waals surface area contributed by atoms with E-state index in [-0.39, 0.29) is 5.57 Å². The molecule has 0 atom stereocenters. The molecule has 0 heterocycles. The fourth-order valence-corrected chi connectivity index (χ4v) is 2.65. The number of nitrogens with one attached hydrogen (secondary N) is 1. The molecule has 2 aromatic rings. The molecule has 0 fully saturated rings. The van der Waals surface area contributed by atoms with Crippen molar-refractivity contribution in [2.24, 2.45) is 0 Å². The molecule has 1 amide bonds. The van der Waals surface area contributed by atoms with E-state index in [9.17, 15) is 10.1 Å². The Morgan fingerprint density at radius 3 is 2.52 bits per heavy atom. The van der Waals surface area contributed by atoms with Crippen LogP contribution in [0.25, 0.3) is 6.08 Å². The summed E-state index contributed by atoms with van der Waals surface area (Å²) in [5.74, 6) is 0.0915. The van der Waals surface area contributed by atoms with E-state index in [0.29, 0.717) is 28.6 Å². The third kappa shape index (κ3) is 5.10. The maximum absolute atomic E-state index is 12.4. The number of nitrogens with zero attached hydrogens (tertiary/aromatic N) is 1. The molecule has 0 unspecified atom stereocenters. The molecule has 0 bridgehead atoms. The summed E-state index contributed by atoms with van der Waals surface area (Å²) in [6.07, 6.45) is 1.48. The van der Waals surface area contributed by atoms with Gasteiger partial charge < -0.3 is 10.1 Å². The number of nitriles is 1. The summed E-state index contributed by atoms with van der Waals surface area (Å²) < 4.78 is 5.52. The van der Waals surface area contributed by atoms with Crippen molar-refractivity contribution in [3.05, 3.63) is 63.7 Å². The predicted molar refractivity (Wildman–Crippen MR) is 101 cm³/mol. The average Bonchev–Trinajstić information content (AvgIpc) is 2.53. The first-order chi connectivity index (χ1) is 11.9. The number of hydrogen-bond acceptors (Lipinski definition) is 3. The molecular formula is C20H19ClN2O2. The van der Waals surface area contributed by atoms with Gasteiger partial charge in [-0.2, -0.15) is 5.26 Å². The zero-order valence-corrected chi connectivity index (χ0v) is 15.1. The molecule has 0 aliphatic heterocycles. The summed E-state index contributed by atoms with van der Waals surface area (Å²) in [4.78, 5) is 12.4. The third-order valence-corrected chi connectivity index (χ3v) is 3.65. The molecule has 0 saturated carbocycles. The predicted octanol–water partition coefficient (Wildman–Crippen LogP) is 4.90. The van der Waals surface area contributed by atoms with Crippen LogP contribution in [-0.4, -0.2) is 12.5 Å². The van der Waals surface area contributed by atoms with Crippen molar-refractivity contribution in [2.45, 2.75) is 20.8 Å². The first-order valence-electron chi connectivity index (χ1n) is 7.86. The van der Waals surface area contributed by atoms with E-state index in [2.05, 4.69) is 5.32 Å². The highest BCUT2D eigenvalue weighted by Crippen LogP contribution is 2.25. The van der Waals surface area contributed by atoms with Gasteiger partial charge in [0.15, 0.2) is 0 Å². The molecule has 2 rings (SSSR count). The van der Waals surface area contributed by atoms with Gasteiger partial charge in [0.05, 0.1) is 6.61 Å². The summed E-state index contributed by atoms with van der Waals surface area (Å²) in [5.41, 5.74) is 3.28. The van der Waals surface area contributed by atoms with Crippen molar-refractivity contribution < 1.29 is 9.53 Å². The maximum Gasteiger partial charge on any atom is 0.266 e. The van der Waals surface area contributed by atoms with E-state index in [1.807, 2.05) is 45.0 Å². The van der Waals surface area contributed by atoms with Crippen LogP contribution in [-0.2, 0) is 4.79 Å². The summed E-state index contributed by atoms with van der Waals surface area (Å²) in [5, 5.41) is 12.6. The second-order valence-corrected chi connectivity index (χ2v) is 6.05. The largest absolute Gasteiger partial charge is 0.493 e. The molecular weight excluding hydrogens is 336 g/mol. The number of halogens is 1. The Morgan fingerprint density at radius 1 is 1.24 bits per heavy atom. The number of hydrogen-bond donors (Lipinski definition) is 1. The maximum atomic E-state index is 12.4. The fourth-order valence-electron chi connectivity index (χ4n) is 2.47. The molecule has 4 nitrogen and oxygen atoms in total. The zero-order valence-electron chi connectivity index (χ0n) is 14.4. The second-order valence-electron chi connectivity index (χ2n) is 5.62. The number of amides is 1. The van der Waals surface area contributed by atoms with E-state index >= 15 is 0 Å². The van der Waals surface area contributed by atoms with E-state index in [4.69, 9.17) is 16.3 Å². The minimum atomic E-state index is -0.477. The highest BCUT2D eigenvalue weighted by atomic mass is 35.5. The monoisotopic (exact) mass is 354 g/mol. The van der Waals surface area contributed by atoms with Crippen molar-refractivity contribution in [1.82, 2.24) is 0 Å². The molecule has 25 heavy (non-hydrogen) atoms. The van der Waals surface area contributed by atoms with E-state index < -0.39 is 5.91 Å². The van der Waals surface area contributed by atoms with Gasteiger partial charge in [0.1, 0.15) is 17.4 Å². The van der Waals surface area contributed by atoms with Crippen molar-refractivity contribution in [3.8, 4) is 11.8 Å². The standard InChI is InChI=1S/C20H19ClN2O2/c1-4-25-19-6-5-17(21)11-15(19)10-16(12-22)20(24)23-18-8-13(2)7-14(3)9-18/h5-11H,4H2,1-3H3,(H,23,24)/b16-10-. The van der Waals surface area contributed by atoms with Crippen LogP contribution >= 0.6 is 11.6 Å². The lowest BCUT2D eigenvalue weighted by Crippen LogP contribution is -2.13. The Labute approximate surface area is 152 Å². The van der Waals surface area contributed by atoms with Crippen molar-refractivity contribution in [3.63, 3.8) is 0 Å². The number of rotatable bonds is 5. The molecule has 0 aliphatic carbocycles. The molecule has 0 aromatic heterocycles. The van der Waals surface area contributed by atoms with Crippen LogP contribution in [0.1, 0.15) is 23.6 Å². The number of carbonyl (C=O) groups excluding carboxylic acids is 1. The van der Waals surface area contributed by atoms with Crippen LogP contribution in [0.5, 0.6) is 5.75 Å². The SMILES string of the molecule is CCOc1ccc(Cl)cc1/C=C(/C#N)C(=O)Nc1cc(C)cc(C)c1. The van der Waals surface area contributed by atoms with Crippen LogP contribution in [0.3, 0.4) is 0 Å². The lowest BCUT2D eigenvalue weighted by molar-refractivity contribution is -0.112. The minimum Gasteiger partial charge on any atom is -0.493 e. The third-order valence-electron chi connectivity index (χ3n) is 3.42. The van der Waals surface area contributed by atoms with Gasteiger partial charge in [-0.3, -0.25) is 4.79 Å². The summed E-state index contributed by atoms with van der Waals surface area (Å²) in [6.45, 7) is 6.23. The first-order valence-corrected chi connectivity index (χ1v) is 8.24. The Kier molecular flexibility index (Phi) is 6.21. The van der Waals surface area contributed by atoms with Gasteiger partial charge in [-0.15, -0.1) is 0 Å². The lowest BCUT2D eigenvalue weighted by atomic mass is 10.1. The Bertz CT molecular complexity index is 846. The molecule has 5 heteroatoms. The van der Waals surface area contributed by atoms with Gasteiger partial charge in [0.25, 0.3) is 5.91 Å². The molecule has 0 saturated heterocycles. The van der Waals surface area contributed by atoms with Gasteiger partial charge in [0, 0.05) is 16.3 Å². The van der Waals surface area contributed by atoms with Gasteiger partial charge >= 0.3 is 0 Å². The van der Waals surface area contributed by atoms with Gasteiger partial charge in [-0.1, -0.05) is 17.7 Å². The first kappa shape index (κ1) is 18.6. The number of anilines is 1. The molecule has 2 aromatic carbocycles. The van der Waals surface area contributed by atoms with Crippen molar-refractivity contribution in [1.29, 1.82) is 5.26 Å². The van der Waals surface area contributed by atoms with Crippen LogP contribution in [0, 0.1) is 25.2 Å². The smallest absolute Gasteiger partial charge is 0.266 e. The van der Waals surface area contributed by atoms with E-state index in [1.54, 1.807) is 18.2 Å². The average molecular weight is 355 g/mol. The van der Waals surface area contributed by atoms with Crippen molar-refractivity contribution in [2.75, 3.05) is 11.9 Å². The Hall–Kier alpha value is -2.77. The molecule has 0 radical (unpaired) electrons. The van der Waals surface area contributed by atoms with Gasteiger partial charge in [-0.25, -0.2) is 0 Å². The molecule has 0 spiro atoms. The van der Waals surface area contributed by atoms with Crippen LogP contribution in [0.4, 0.5) is 5.69 Å². The highest BCUT2D eigenvalue weighted by molar-refractivity contribution is 6.30. The van der Waals surface area contributed by atoms with Crippen molar-refractivity contribution >= 4 is 29.3 Å². The van der Waals surface area contributed by atoms with Crippen LogP contribution in [0.15, 0.2) is 42.0 Å². The summed E-state index contributed by atoms with van der Waals surface area (Å²) in [7, 11) is 0. The number of aryl methyl sites for hydroxylation is 2. The topological polar surface area (TPSA) is 62.1 Å². The molecule has 1 N–H and O–H groups in total. The normalized spacial score (nSPS) is 10.9. The van der Waals surface area contributed by atoms with Gasteiger partial charge in [-0.05, 0) is 68.3 Å². The summed E-state index contributed by atoms with van der Waals surface area (Å²) >= 11 is 6.02. The molecule has 0 aliphatic rings.